The number of ether oxygens (including phenoxy) is 1. The van der Waals surface area contributed by atoms with E-state index < -0.39 is 0 Å². The summed E-state index contributed by atoms with van der Waals surface area (Å²) in [6, 6.07) is 0. The molecule has 0 radical (unpaired) electrons. The molecule has 0 bridgehead atoms. The molecule has 1 aliphatic rings. The first-order chi connectivity index (χ1) is 5.84. The van der Waals surface area contributed by atoms with Gasteiger partial charge in [-0.15, -0.1) is 0 Å². The third-order valence-corrected chi connectivity index (χ3v) is 2.24. The van der Waals surface area contributed by atoms with Gasteiger partial charge in [0.15, 0.2) is 0 Å². The monoisotopic (exact) mass is 189 g/mol. The van der Waals surface area contributed by atoms with Crippen LogP contribution in [0.1, 0.15) is 12.8 Å². The molecule has 4 heteroatoms. The average Bonchev–Trinajstić information content (AvgIpc) is 2.09. The summed E-state index contributed by atoms with van der Waals surface area (Å²) in [5, 5.41) is 0. The van der Waals surface area contributed by atoms with Crippen LogP contribution in [0.5, 0.6) is 0 Å². The largest absolute Gasteiger partial charge is 0.370 e. The van der Waals surface area contributed by atoms with Crippen molar-refractivity contribution in [2.24, 2.45) is 0 Å². The number of carbonyl (C=O) groups excluding carboxylic acids is 1. The first-order valence-electron chi connectivity index (χ1n) is 4.31. The second kappa shape index (κ2) is 5.43. The van der Waals surface area contributed by atoms with Crippen molar-refractivity contribution in [2.45, 2.75) is 12.8 Å². The summed E-state index contributed by atoms with van der Waals surface area (Å²) in [6.07, 6.45) is 2.13. The molecule has 1 heterocycles. The van der Waals surface area contributed by atoms with Gasteiger partial charge < -0.3 is 9.64 Å². The number of thiol groups is 1. The summed E-state index contributed by atoms with van der Waals surface area (Å²) in [4.78, 5) is 13.0. The van der Waals surface area contributed by atoms with Gasteiger partial charge in [0.1, 0.15) is 6.61 Å². The highest BCUT2D eigenvalue weighted by Gasteiger charge is 2.16. The highest BCUT2D eigenvalue weighted by atomic mass is 32.1. The Morgan fingerprint density at radius 2 is 2.33 bits per heavy atom. The molecule has 0 aliphatic carbocycles. The smallest absolute Gasteiger partial charge is 0.248 e. The van der Waals surface area contributed by atoms with Crippen LogP contribution in [0.25, 0.3) is 0 Å². The van der Waals surface area contributed by atoms with Gasteiger partial charge in [0.2, 0.25) is 5.91 Å². The molecule has 1 aliphatic heterocycles. The summed E-state index contributed by atoms with van der Waals surface area (Å²) in [6.45, 7) is 2.57. The Morgan fingerprint density at radius 3 is 3.00 bits per heavy atom. The van der Waals surface area contributed by atoms with E-state index in [4.69, 9.17) is 4.74 Å². The summed E-state index contributed by atoms with van der Waals surface area (Å²) in [7, 11) is 0. The molecule has 0 aromatic carbocycles. The number of rotatable bonds is 4. The number of hydrogen-bond acceptors (Lipinski definition) is 3. The van der Waals surface area contributed by atoms with Crippen LogP contribution in [0.3, 0.4) is 0 Å². The summed E-state index contributed by atoms with van der Waals surface area (Å²) >= 11 is 4.11. The molecule has 0 aromatic heterocycles. The number of carbonyl (C=O) groups is 1. The van der Waals surface area contributed by atoms with E-state index in [-0.39, 0.29) is 12.5 Å². The van der Waals surface area contributed by atoms with Gasteiger partial charge in [-0.05, 0) is 18.6 Å². The minimum Gasteiger partial charge on any atom is -0.370 e. The van der Waals surface area contributed by atoms with Crippen molar-refractivity contribution in [3.63, 3.8) is 0 Å². The second-order valence-corrected chi connectivity index (χ2v) is 3.31. The Balaban J connectivity index is 2.16. The van der Waals surface area contributed by atoms with Crippen LogP contribution in [0, 0.1) is 0 Å². The van der Waals surface area contributed by atoms with Gasteiger partial charge in [0, 0.05) is 13.1 Å². The summed E-state index contributed by atoms with van der Waals surface area (Å²) in [5.74, 6) is 1.03. The molecule has 0 spiro atoms. The number of amides is 1. The van der Waals surface area contributed by atoms with Crippen LogP contribution in [-0.4, -0.2) is 42.9 Å². The van der Waals surface area contributed by atoms with E-state index in [1.807, 2.05) is 4.90 Å². The zero-order valence-electron chi connectivity index (χ0n) is 7.16. The van der Waals surface area contributed by atoms with Crippen LogP contribution in [0.15, 0.2) is 0 Å². The van der Waals surface area contributed by atoms with Gasteiger partial charge >= 0.3 is 0 Å². The Morgan fingerprint density at radius 1 is 1.50 bits per heavy atom. The Kier molecular flexibility index (Phi) is 4.46. The SMILES string of the molecule is O=C1COCCN1CCCCS. The molecule has 0 aromatic rings. The quantitative estimate of drug-likeness (QED) is 0.517. The Hall–Kier alpha value is -0.220. The van der Waals surface area contributed by atoms with Crippen molar-refractivity contribution in [2.75, 3.05) is 32.1 Å². The third-order valence-electron chi connectivity index (χ3n) is 1.92. The fourth-order valence-electron chi connectivity index (χ4n) is 1.20. The lowest BCUT2D eigenvalue weighted by atomic mass is 10.3. The fraction of sp³-hybridized carbons (Fsp3) is 0.875. The van der Waals surface area contributed by atoms with Crippen molar-refractivity contribution >= 4 is 18.5 Å². The summed E-state index contributed by atoms with van der Waals surface area (Å²) < 4.78 is 5.01. The van der Waals surface area contributed by atoms with Crippen LogP contribution >= 0.6 is 12.6 Å². The topological polar surface area (TPSA) is 29.5 Å². The van der Waals surface area contributed by atoms with Crippen molar-refractivity contribution in [1.82, 2.24) is 4.90 Å². The van der Waals surface area contributed by atoms with Crippen molar-refractivity contribution in [3.8, 4) is 0 Å². The second-order valence-electron chi connectivity index (χ2n) is 2.86. The highest BCUT2D eigenvalue weighted by Crippen LogP contribution is 2.01. The summed E-state index contributed by atoms with van der Waals surface area (Å²) in [5.41, 5.74) is 0. The first-order valence-corrected chi connectivity index (χ1v) is 4.94. The maximum Gasteiger partial charge on any atom is 0.248 e. The predicted molar refractivity (Wildman–Crippen MR) is 50.5 cm³/mol. The number of unbranched alkanes of at least 4 members (excludes halogenated alkanes) is 1. The first kappa shape index (κ1) is 9.86. The van der Waals surface area contributed by atoms with Crippen LogP contribution in [-0.2, 0) is 9.53 Å². The van der Waals surface area contributed by atoms with Crippen LogP contribution < -0.4 is 0 Å². The standard InChI is InChI=1S/C8H15NO2S/c10-8-7-11-5-4-9(8)3-1-2-6-12/h12H,1-7H2. The molecular weight excluding hydrogens is 174 g/mol. The zero-order chi connectivity index (χ0) is 8.81. The molecular formula is C8H15NO2S. The lowest BCUT2D eigenvalue weighted by Crippen LogP contribution is -2.41. The molecule has 1 fully saturated rings. The van der Waals surface area contributed by atoms with Gasteiger partial charge in [-0.2, -0.15) is 12.6 Å². The fourth-order valence-corrected chi connectivity index (χ4v) is 1.42. The molecule has 70 valence electrons. The minimum atomic E-state index is 0.125. The molecule has 0 atom stereocenters. The molecule has 0 unspecified atom stereocenters. The molecule has 1 saturated heterocycles. The van der Waals surface area contributed by atoms with Crippen molar-refractivity contribution in [3.05, 3.63) is 0 Å². The number of hydrogen-bond donors (Lipinski definition) is 1. The molecule has 0 N–H and O–H groups in total. The van der Waals surface area contributed by atoms with Crippen molar-refractivity contribution in [1.29, 1.82) is 0 Å². The minimum absolute atomic E-state index is 0.125. The lowest BCUT2D eigenvalue weighted by molar-refractivity contribution is -0.142. The lowest BCUT2D eigenvalue weighted by Gasteiger charge is -2.26. The maximum absolute atomic E-state index is 11.2. The van der Waals surface area contributed by atoms with E-state index in [0.717, 1.165) is 31.7 Å². The number of nitrogens with zero attached hydrogens (tertiary/aromatic N) is 1. The van der Waals surface area contributed by atoms with E-state index in [0.29, 0.717) is 6.61 Å². The van der Waals surface area contributed by atoms with Gasteiger partial charge in [0.05, 0.1) is 6.61 Å². The molecule has 12 heavy (non-hydrogen) atoms. The van der Waals surface area contributed by atoms with Crippen LogP contribution in [0.4, 0.5) is 0 Å². The van der Waals surface area contributed by atoms with Gasteiger partial charge in [-0.25, -0.2) is 0 Å². The van der Waals surface area contributed by atoms with Gasteiger partial charge in [0.25, 0.3) is 0 Å². The molecule has 1 rings (SSSR count). The van der Waals surface area contributed by atoms with E-state index in [9.17, 15) is 4.79 Å². The van der Waals surface area contributed by atoms with Gasteiger partial charge in [-0.1, -0.05) is 0 Å². The Labute approximate surface area is 78.5 Å². The van der Waals surface area contributed by atoms with Crippen molar-refractivity contribution < 1.29 is 9.53 Å². The molecule has 0 saturated carbocycles. The molecule has 3 nitrogen and oxygen atoms in total. The average molecular weight is 189 g/mol. The maximum atomic E-state index is 11.2. The highest BCUT2D eigenvalue weighted by molar-refractivity contribution is 7.80. The van der Waals surface area contributed by atoms with E-state index in [1.165, 1.54) is 0 Å². The predicted octanol–water partition coefficient (Wildman–Crippen LogP) is 0.555. The van der Waals surface area contributed by atoms with E-state index >= 15 is 0 Å². The Bertz CT molecular complexity index is 152. The zero-order valence-corrected chi connectivity index (χ0v) is 8.06. The third kappa shape index (κ3) is 3.03. The van der Waals surface area contributed by atoms with E-state index in [2.05, 4.69) is 12.6 Å². The normalized spacial score (nSPS) is 18.4. The van der Waals surface area contributed by atoms with Gasteiger partial charge in [-0.3, -0.25) is 4.79 Å². The van der Waals surface area contributed by atoms with E-state index in [1.54, 1.807) is 0 Å². The number of morpholine rings is 1. The molecule has 1 amide bonds. The van der Waals surface area contributed by atoms with Crippen LogP contribution in [0.2, 0.25) is 0 Å².